The van der Waals surface area contributed by atoms with Crippen LogP contribution < -0.4 is 4.31 Å². The molecule has 0 spiro atoms. The number of carbonyl (C=O) groups excluding carboxylic acids is 1. The molecule has 2 rings (SSSR count). The van der Waals surface area contributed by atoms with Crippen LogP contribution in [-0.2, 0) is 21.4 Å². The molecule has 25 heavy (non-hydrogen) atoms. The van der Waals surface area contributed by atoms with Gasteiger partial charge in [0.15, 0.2) is 0 Å². The van der Waals surface area contributed by atoms with Crippen molar-refractivity contribution < 1.29 is 13.2 Å². The zero-order valence-corrected chi connectivity index (χ0v) is 15.9. The van der Waals surface area contributed by atoms with Gasteiger partial charge in [-0.1, -0.05) is 42.5 Å². The number of hydrogen-bond acceptors (Lipinski definition) is 3. The highest BCUT2D eigenvalue weighted by Crippen LogP contribution is 2.24. The number of amides is 1. The van der Waals surface area contributed by atoms with Crippen LogP contribution in [0.5, 0.6) is 0 Å². The molecule has 5 nitrogen and oxygen atoms in total. The van der Waals surface area contributed by atoms with Crippen LogP contribution in [0.3, 0.4) is 0 Å². The number of anilines is 1. The van der Waals surface area contributed by atoms with E-state index < -0.39 is 10.0 Å². The Bertz CT molecular complexity index is 848. The van der Waals surface area contributed by atoms with E-state index in [1.54, 1.807) is 18.0 Å². The highest BCUT2D eigenvalue weighted by molar-refractivity contribution is 7.92. The predicted octanol–water partition coefficient (Wildman–Crippen LogP) is 2.73. The zero-order valence-electron chi connectivity index (χ0n) is 15.1. The number of hydrogen-bond donors (Lipinski definition) is 0. The topological polar surface area (TPSA) is 57.7 Å². The van der Waals surface area contributed by atoms with Crippen molar-refractivity contribution in [1.82, 2.24) is 4.90 Å². The molecule has 0 fully saturated rings. The van der Waals surface area contributed by atoms with Gasteiger partial charge in [0, 0.05) is 13.6 Å². The molecule has 0 radical (unpaired) electrons. The number of aryl methyl sites for hydroxylation is 2. The van der Waals surface area contributed by atoms with E-state index in [0.29, 0.717) is 12.2 Å². The van der Waals surface area contributed by atoms with Gasteiger partial charge in [-0.2, -0.15) is 0 Å². The lowest BCUT2D eigenvalue weighted by atomic mass is 10.1. The van der Waals surface area contributed by atoms with Crippen LogP contribution >= 0.6 is 0 Å². The second kappa shape index (κ2) is 7.70. The van der Waals surface area contributed by atoms with Crippen LogP contribution in [0.25, 0.3) is 0 Å². The van der Waals surface area contributed by atoms with Crippen LogP contribution in [0.2, 0.25) is 0 Å². The van der Waals surface area contributed by atoms with Crippen molar-refractivity contribution in [3.63, 3.8) is 0 Å². The standard InChI is InChI=1S/C19H24N2O3S/c1-15-10-11-16(2)18(12-15)21(25(4,23)24)14-19(22)20(3)13-17-8-6-5-7-9-17/h5-12H,13-14H2,1-4H3. The van der Waals surface area contributed by atoms with Gasteiger partial charge in [0.05, 0.1) is 11.9 Å². The average Bonchev–Trinajstić information content (AvgIpc) is 2.54. The maximum atomic E-state index is 12.6. The average molecular weight is 360 g/mol. The third kappa shape index (κ3) is 5.06. The minimum absolute atomic E-state index is 0.216. The van der Waals surface area contributed by atoms with Crippen molar-refractivity contribution in [3.8, 4) is 0 Å². The van der Waals surface area contributed by atoms with E-state index in [4.69, 9.17) is 0 Å². The van der Waals surface area contributed by atoms with Gasteiger partial charge in [-0.25, -0.2) is 8.42 Å². The molecule has 0 saturated carbocycles. The summed E-state index contributed by atoms with van der Waals surface area (Å²) < 4.78 is 25.7. The van der Waals surface area contributed by atoms with E-state index in [1.165, 1.54) is 4.31 Å². The van der Waals surface area contributed by atoms with E-state index >= 15 is 0 Å². The maximum Gasteiger partial charge on any atom is 0.243 e. The fraction of sp³-hybridized carbons (Fsp3) is 0.316. The minimum Gasteiger partial charge on any atom is -0.340 e. The molecule has 0 aromatic heterocycles. The monoisotopic (exact) mass is 360 g/mol. The van der Waals surface area contributed by atoms with Crippen molar-refractivity contribution >= 4 is 21.6 Å². The molecule has 0 N–H and O–H groups in total. The highest BCUT2D eigenvalue weighted by atomic mass is 32.2. The van der Waals surface area contributed by atoms with Crippen LogP contribution in [-0.4, -0.2) is 39.1 Å². The van der Waals surface area contributed by atoms with Crippen molar-refractivity contribution in [2.45, 2.75) is 20.4 Å². The van der Waals surface area contributed by atoms with Crippen LogP contribution in [0.1, 0.15) is 16.7 Å². The highest BCUT2D eigenvalue weighted by Gasteiger charge is 2.24. The fourth-order valence-corrected chi connectivity index (χ4v) is 3.46. The van der Waals surface area contributed by atoms with Crippen LogP contribution in [0.15, 0.2) is 48.5 Å². The Kier molecular flexibility index (Phi) is 5.85. The maximum absolute atomic E-state index is 12.6. The lowest BCUT2D eigenvalue weighted by Crippen LogP contribution is -2.41. The second-order valence-electron chi connectivity index (χ2n) is 6.29. The lowest BCUT2D eigenvalue weighted by Gasteiger charge is -2.26. The van der Waals surface area contributed by atoms with Crippen molar-refractivity contribution in [1.29, 1.82) is 0 Å². The Labute approximate surface area is 149 Å². The van der Waals surface area contributed by atoms with Crippen molar-refractivity contribution in [3.05, 3.63) is 65.2 Å². The van der Waals surface area contributed by atoms with Gasteiger partial charge in [-0.05, 0) is 36.6 Å². The molecule has 2 aromatic rings. The summed E-state index contributed by atoms with van der Waals surface area (Å²) in [6.07, 6.45) is 1.12. The van der Waals surface area contributed by atoms with Crippen LogP contribution in [0.4, 0.5) is 5.69 Å². The number of rotatable bonds is 6. The quantitative estimate of drug-likeness (QED) is 0.796. The smallest absolute Gasteiger partial charge is 0.243 e. The van der Waals surface area contributed by atoms with Gasteiger partial charge in [0.25, 0.3) is 0 Å². The molecule has 0 aliphatic rings. The van der Waals surface area contributed by atoms with E-state index in [1.807, 2.05) is 56.3 Å². The Morgan fingerprint density at radius 2 is 1.68 bits per heavy atom. The summed E-state index contributed by atoms with van der Waals surface area (Å²) in [5.41, 5.74) is 3.30. The molecule has 0 saturated heterocycles. The molecular formula is C19H24N2O3S. The molecule has 0 aliphatic carbocycles. The van der Waals surface area contributed by atoms with E-state index in [0.717, 1.165) is 22.9 Å². The summed E-state index contributed by atoms with van der Waals surface area (Å²) in [5, 5.41) is 0. The van der Waals surface area contributed by atoms with E-state index in [-0.39, 0.29) is 12.5 Å². The third-order valence-corrected chi connectivity index (χ3v) is 5.13. The first-order valence-electron chi connectivity index (χ1n) is 8.01. The van der Waals surface area contributed by atoms with Gasteiger partial charge < -0.3 is 4.90 Å². The molecule has 0 aliphatic heterocycles. The summed E-state index contributed by atoms with van der Waals surface area (Å²) in [6.45, 7) is 3.95. The van der Waals surface area contributed by atoms with E-state index in [9.17, 15) is 13.2 Å². The van der Waals surface area contributed by atoms with Crippen LogP contribution in [0, 0.1) is 13.8 Å². The number of nitrogens with zero attached hydrogens (tertiary/aromatic N) is 2. The van der Waals surface area contributed by atoms with Gasteiger partial charge in [-0.15, -0.1) is 0 Å². The Hall–Kier alpha value is -2.34. The number of likely N-dealkylation sites (N-methyl/N-ethyl adjacent to an activating group) is 1. The summed E-state index contributed by atoms with van der Waals surface area (Å²) in [7, 11) is -1.89. The summed E-state index contributed by atoms with van der Waals surface area (Å²) in [4.78, 5) is 14.1. The largest absolute Gasteiger partial charge is 0.340 e. The first-order chi connectivity index (χ1) is 11.7. The first kappa shape index (κ1) is 19.0. The van der Waals surface area contributed by atoms with Gasteiger partial charge >= 0.3 is 0 Å². The number of benzene rings is 2. The molecule has 0 heterocycles. The summed E-state index contributed by atoms with van der Waals surface area (Å²) >= 11 is 0. The molecule has 2 aromatic carbocycles. The SMILES string of the molecule is Cc1ccc(C)c(N(CC(=O)N(C)Cc2ccccc2)S(C)(=O)=O)c1. The molecule has 134 valence electrons. The molecule has 1 amide bonds. The van der Waals surface area contributed by atoms with Crippen molar-refractivity contribution in [2.75, 3.05) is 24.2 Å². The van der Waals surface area contributed by atoms with Crippen molar-refractivity contribution in [2.24, 2.45) is 0 Å². The normalized spacial score (nSPS) is 11.2. The predicted molar refractivity (Wildman–Crippen MR) is 101 cm³/mol. The Balaban J connectivity index is 2.23. The molecule has 6 heteroatoms. The Morgan fingerprint density at radius 3 is 2.28 bits per heavy atom. The number of sulfonamides is 1. The van der Waals surface area contributed by atoms with Gasteiger partial charge in [0.1, 0.15) is 6.54 Å². The second-order valence-corrected chi connectivity index (χ2v) is 8.20. The summed E-state index contributed by atoms with van der Waals surface area (Å²) in [5.74, 6) is -0.254. The van der Waals surface area contributed by atoms with Gasteiger partial charge in [0.2, 0.25) is 15.9 Å². The molecular weight excluding hydrogens is 336 g/mol. The first-order valence-corrected chi connectivity index (χ1v) is 9.86. The molecule has 0 unspecified atom stereocenters. The lowest BCUT2D eigenvalue weighted by molar-refractivity contribution is -0.128. The third-order valence-electron chi connectivity index (χ3n) is 4.00. The summed E-state index contributed by atoms with van der Waals surface area (Å²) in [6, 6.07) is 15.2. The van der Waals surface area contributed by atoms with E-state index in [2.05, 4.69) is 0 Å². The molecule has 0 atom stereocenters. The Morgan fingerprint density at radius 1 is 1.04 bits per heavy atom. The van der Waals surface area contributed by atoms with Gasteiger partial charge in [-0.3, -0.25) is 9.10 Å². The molecule has 0 bridgehead atoms. The minimum atomic E-state index is -3.57. The zero-order chi connectivity index (χ0) is 18.6. The fourth-order valence-electron chi connectivity index (χ4n) is 2.56. The number of carbonyl (C=O) groups is 1.